The van der Waals surface area contributed by atoms with Crippen LogP contribution in [0, 0.1) is 5.82 Å². The van der Waals surface area contributed by atoms with Crippen LogP contribution in [0.15, 0.2) is 30.3 Å². The number of carboxylic acid groups (broad SMARTS) is 1. The molecule has 0 unspecified atom stereocenters. The van der Waals surface area contributed by atoms with Gasteiger partial charge in [0.1, 0.15) is 11.5 Å². The minimum atomic E-state index is -1.12. The number of aromatic nitrogens is 1. The van der Waals surface area contributed by atoms with E-state index < -0.39 is 11.8 Å². The number of halogens is 1. The predicted octanol–water partition coefficient (Wildman–Crippen LogP) is 3.39. The van der Waals surface area contributed by atoms with Crippen molar-refractivity contribution in [1.29, 1.82) is 0 Å². The first-order chi connectivity index (χ1) is 9.45. The van der Waals surface area contributed by atoms with E-state index in [4.69, 9.17) is 0 Å². The maximum atomic E-state index is 13.0. The highest BCUT2D eigenvalue weighted by Gasteiger charge is 2.23. The molecule has 0 aliphatic rings. The van der Waals surface area contributed by atoms with E-state index in [-0.39, 0.29) is 17.4 Å². The Bertz CT molecular complexity index is 657. The van der Waals surface area contributed by atoms with E-state index in [1.54, 1.807) is 13.8 Å². The SMILES string of the molecule is CC(C)n1c(C=O)cc(-c2ccc(F)cc2)c1C(=O)O. The Morgan fingerprint density at radius 3 is 2.35 bits per heavy atom. The van der Waals surface area contributed by atoms with Gasteiger partial charge >= 0.3 is 5.97 Å². The minimum Gasteiger partial charge on any atom is -0.477 e. The second kappa shape index (κ2) is 5.28. The molecule has 0 spiro atoms. The van der Waals surface area contributed by atoms with Crippen LogP contribution in [0.3, 0.4) is 0 Å². The number of aromatic carboxylic acids is 1. The molecular formula is C15H14FNO3. The van der Waals surface area contributed by atoms with E-state index in [0.29, 0.717) is 17.4 Å². The van der Waals surface area contributed by atoms with E-state index in [1.165, 1.54) is 34.9 Å². The maximum Gasteiger partial charge on any atom is 0.353 e. The minimum absolute atomic E-state index is 0.0358. The number of benzene rings is 1. The Hall–Kier alpha value is -2.43. The third-order valence-corrected chi connectivity index (χ3v) is 3.06. The molecule has 104 valence electrons. The normalized spacial score (nSPS) is 10.8. The van der Waals surface area contributed by atoms with Gasteiger partial charge in [0.25, 0.3) is 0 Å². The van der Waals surface area contributed by atoms with Crippen LogP contribution in [0.2, 0.25) is 0 Å². The molecule has 1 aromatic heterocycles. The number of hydrogen-bond acceptors (Lipinski definition) is 2. The van der Waals surface area contributed by atoms with Crippen LogP contribution in [0.4, 0.5) is 4.39 Å². The molecule has 20 heavy (non-hydrogen) atoms. The Balaban J connectivity index is 2.72. The summed E-state index contributed by atoms with van der Waals surface area (Å²) < 4.78 is 14.4. The first-order valence-corrected chi connectivity index (χ1v) is 6.15. The molecule has 2 aromatic rings. The number of nitrogens with zero attached hydrogens (tertiary/aromatic N) is 1. The largest absolute Gasteiger partial charge is 0.477 e. The topological polar surface area (TPSA) is 59.3 Å². The highest BCUT2D eigenvalue weighted by molar-refractivity contribution is 5.97. The van der Waals surface area contributed by atoms with Crippen molar-refractivity contribution in [2.45, 2.75) is 19.9 Å². The summed E-state index contributed by atoms with van der Waals surface area (Å²) in [6, 6.07) is 6.86. The molecule has 0 fully saturated rings. The Kier molecular flexibility index (Phi) is 3.70. The highest BCUT2D eigenvalue weighted by atomic mass is 19.1. The molecular weight excluding hydrogens is 261 g/mol. The lowest BCUT2D eigenvalue weighted by molar-refractivity contribution is 0.0684. The number of aldehydes is 1. The Morgan fingerprint density at radius 2 is 1.90 bits per heavy atom. The van der Waals surface area contributed by atoms with Gasteiger partial charge in [-0.3, -0.25) is 4.79 Å². The maximum absolute atomic E-state index is 13.0. The van der Waals surface area contributed by atoms with Crippen LogP contribution in [-0.4, -0.2) is 21.9 Å². The van der Waals surface area contributed by atoms with Gasteiger partial charge in [0.2, 0.25) is 0 Å². The monoisotopic (exact) mass is 275 g/mol. The van der Waals surface area contributed by atoms with E-state index in [9.17, 15) is 19.1 Å². The number of carbonyl (C=O) groups excluding carboxylic acids is 1. The summed E-state index contributed by atoms with van der Waals surface area (Å²) in [6.45, 7) is 3.60. The van der Waals surface area contributed by atoms with Gasteiger partial charge < -0.3 is 9.67 Å². The molecule has 0 amide bonds. The van der Waals surface area contributed by atoms with Gasteiger partial charge in [0, 0.05) is 11.6 Å². The third kappa shape index (κ3) is 2.34. The first-order valence-electron chi connectivity index (χ1n) is 6.15. The number of carbonyl (C=O) groups is 2. The molecule has 4 nitrogen and oxygen atoms in total. The van der Waals surface area contributed by atoms with Crippen LogP contribution >= 0.6 is 0 Å². The second-order valence-electron chi connectivity index (χ2n) is 4.73. The lowest BCUT2D eigenvalue weighted by Gasteiger charge is -2.13. The fourth-order valence-electron chi connectivity index (χ4n) is 2.26. The van der Waals surface area contributed by atoms with Gasteiger partial charge in [0.15, 0.2) is 6.29 Å². The Labute approximate surface area is 115 Å². The van der Waals surface area contributed by atoms with Crippen molar-refractivity contribution >= 4 is 12.3 Å². The van der Waals surface area contributed by atoms with Gasteiger partial charge in [-0.2, -0.15) is 0 Å². The highest BCUT2D eigenvalue weighted by Crippen LogP contribution is 2.29. The average Bonchev–Trinajstić information content (AvgIpc) is 2.79. The third-order valence-electron chi connectivity index (χ3n) is 3.06. The molecule has 1 N–H and O–H groups in total. The Morgan fingerprint density at radius 1 is 1.30 bits per heavy atom. The summed E-state index contributed by atoms with van der Waals surface area (Å²) in [5, 5.41) is 9.41. The van der Waals surface area contributed by atoms with Crippen LogP contribution in [0.25, 0.3) is 11.1 Å². The van der Waals surface area contributed by atoms with Gasteiger partial charge in [-0.1, -0.05) is 12.1 Å². The molecule has 1 aromatic carbocycles. The van der Waals surface area contributed by atoms with Gasteiger partial charge in [-0.15, -0.1) is 0 Å². The zero-order valence-electron chi connectivity index (χ0n) is 11.1. The second-order valence-corrected chi connectivity index (χ2v) is 4.73. The summed E-state index contributed by atoms with van der Waals surface area (Å²) >= 11 is 0. The van der Waals surface area contributed by atoms with E-state index in [1.807, 2.05) is 0 Å². The van der Waals surface area contributed by atoms with Gasteiger partial charge in [0.05, 0.1) is 5.69 Å². The van der Waals surface area contributed by atoms with Crippen LogP contribution in [0.1, 0.15) is 40.9 Å². The number of hydrogen-bond donors (Lipinski definition) is 1. The number of rotatable bonds is 4. The molecule has 0 bridgehead atoms. The quantitative estimate of drug-likeness (QED) is 0.870. The van der Waals surface area contributed by atoms with Crippen molar-refractivity contribution in [2.24, 2.45) is 0 Å². The van der Waals surface area contributed by atoms with Crippen LogP contribution in [0.5, 0.6) is 0 Å². The molecule has 0 atom stereocenters. The molecule has 2 rings (SSSR count). The lowest BCUT2D eigenvalue weighted by Crippen LogP contribution is -2.13. The summed E-state index contributed by atoms with van der Waals surface area (Å²) in [6.07, 6.45) is 0.624. The molecule has 0 saturated heterocycles. The summed E-state index contributed by atoms with van der Waals surface area (Å²) in [7, 11) is 0. The molecule has 1 heterocycles. The van der Waals surface area contributed by atoms with Crippen molar-refractivity contribution in [2.75, 3.05) is 0 Å². The molecule has 0 radical (unpaired) electrons. The van der Waals surface area contributed by atoms with Crippen LogP contribution < -0.4 is 0 Å². The van der Waals surface area contributed by atoms with E-state index in [0.717, 1.165) is 0 Å². The molecule has 0 saturated carbocycles. The van der Waals surface area contributed by atoms with Crippen LogP contribution in [-0.2, 0) is 0 Å². The molecule has 0 aliphatic carbocycles. The molecule has 0 aliphatic heterocycles. The standard InChI is InChI=1S/C15H14FNO3/c1-9(2)17-12(8-18)7-13(14(17)15(19)20)10-3-5-11(16)6-4-10/h3-9H,1-2H3,(H,19,20). The molecule has 5 heteroatoms. The fourth-order valence-corrected chi connectivity index (χ4v) is 2.26. The van der Waals surface area contributed by atoms with Gasteiger partial charge in [-0.25, -0.2) is 9.18 Å². The predicted molar refractivity (Wildman–Crippen MR) is 72.6 cm³/mol. The lowest BCUT2D eigenvalue weighted by atomic mass is 10.1. The zero-order chi connectivity index (χ0) is 14.9. The van der Waals surface area contributed by atoms with Crippen molar-refractivity contribution in [3.8, 4) is 11.1 Å². The smallest absolute Gasteiger partial charge is 0.353 e. The van der Waals surface area contributed by atoms with Crippen molar-refractivity contribution in [1.82, 2.24) is 4.57 Å². The van der Waals surface area contributed by atoms with Crippen molar-refractivity contribution in [3.05, 3.63) is 47.5 Å². The summed E-state index contributed by atoms with van der Waals surface area (Å²) in [4.78, 5) is 22.6. The fraction of sp³-hybridized carbons (Fsp3) is 0.200. The summed E-state index contributed by atoms with van der Waals surface area (Å²) in [5.74, 6) is -1.52. The van der Waals surface area contributed by atoms with Crippen molar-refractivity contribution < 1.29 is 19.1 Å². The zero-order valence-corrected chi connectivity index (χ0v) is 11.1. The van der Waals surface area contributed by atoms with Gasteiger partial charge in [-0.05, 0) is 37.6 Å². The number of carboxylic acids is 1. The average molecular weight is 275 g/mol. The van der Waals surface area contributed by atoms with Crippen molar-refractivity contribution in [3.63, 3.8) is 0 Å². The first kappa shape index (κ1) is 14.0. The van der Waals surface area contributed by atoms with E-state index in [2.05, 4.69) is 0 Å². The summed E-state index contributed by atoms with van der Waals surface area (Å²) in [5.41, 5.74) is 1.30. The van der Waals surface area contributed by atoms with E-state index >= 15 is 0 Å².